The maximum atomic E-state index is 12.1. The standard InChI is InChI=1S/C36H29Cl3N4O6/c1-48-29-15-19(6-7-20(29)16-43(36(46)47)17-22-8-11-30(45)41-22)33-32(39)24(12-13-40-33)23-4-3-5-25(31(23)38)28-10-9-26-34(42-28)27(37)14-21(18-44)35(26)49-2/h3-7,9-10,12-15,18,22H,8,11,16-17H2,1-2H3,(H,41,45)(H,46,47). The minimum absolute atomic E-state index is 0.0633. The number of benzene rings is 3. The minimum atomic E-state index is -1.10. The topological polar surface area (TPSA) is 131 Å². The Morgan fingerprint density at radius 2 is 1.80 bits per heavy atom. The fourth-order valence-electron chi connectivity index (χ4n) is 6.03. The number of carbonyl (C=O) groups excluding carboxylic acids is 2. The number of aromatic nitrogens is 2. The summed E-state index contributed by atoms with van der Waals surface area (Å²) in [5, 5.41) is 14.3. The molecule has 0 spiro atoms. The molecule has 1 saturated heterocycles. The van der Waals surface area contributed by atoms with Crippen LogP contribution in [0.25, 0.3) is 44.5 Å². The van der Waals surface area contributed by atoms with Gasteiger partial charge in [-0.1, -0.05) is 65.1 Å². The molecular formula is C36H29Cl3N4O6. The van der Waals surface area contributed by atoms with Gasteiger partial charge in [-0.3, -0.25) is 14.6 Å². The second-order valence-corrected chi connectivity index (χ2v) is 12.5. The molecule has 1 unspecified atom stereocenters. The lowest BCUT2D eigenvalue weighted by Crippen LogP contribution is -2.41. The lowest BCUT2D eigenvalue weighted by Gasteiger charge is -2.24. The van der Waals surface area contributed by atoms with E-state index in [1.807, 2.05) is 18.2 Å². The van der Waals surface area contributed by atoms with E-state index in [1.165, 1.54) is 25.2 Å². The van der Waals surface area contributed by atoms with Crippen LogP contribution in [-0.2, 0) is 11.3 Å². The van der Waals surface area contributed by atoms with Gasteiger partial charge in [-0.15, -0.1) is 0 Å². The first-order chi connectivity index (χ1) is 23.6. The summed E-state index contributed by atoms with van der Waals surface area (Å²) in [4.78, 5) is 45.8. The summed E-state index contributed by atoms with van der Waals surface area (Å²) in [5.41, 5.74) is 5.02. The molecule has 1 aliphatic rings. The monoisotopic (exact) mass is 718 g/mol. The number of halogens is 3. The Bertz CT molecular complexity index is 2130. The predicted octanol–water partition coefficient (Wildman–Crippen LogP) is 8.18. The van der Waals surface area contributed by atoms with Gasteiger partial charge in [-0.05, 0) is 36.8 Å². The maximum absolute atomic E-state index is 12.1. The van der Waals surface area contributed by atoms with Crippen LogP contribution >= 0.6 is 34.8 Å². The van der Waals surface area contributed by atoms with E-state index in [0.717, 1.165) is 0 Å². The molecule has 2 amide bonds. The van der Waals surface area contributed by atoms with E-state index in [4.69, 9.17) is 49.3 Å². The van der Waals surface area contributed by atoms with Crippen LogP contribution in [-0.4, -0.2) is 65.1 Å². The number of carbonyl (C=O) groups is 3. The molecule has 13 heteroatoms. The molecule has 1 aliphatic heterocycles. The number of pyridine rings is 2. The Labute approximate surface area is 296 Å². The van der Waals surface area contributed by atoms with Crippen LogP contribution in [0.3, 0.4) is 0 Å². The van der Waals surface area contributed by atoms with Crippen LogP contribution in [0.1, 0.15) is 28.8 Å². The third-order valence-corrected chi connectivity index (χ3v) is 9.49. The molecule has 2 aromatic heterocycles. The molecule has 6 rings (SSSR count). The number of rotatable bonds is 10. The van der Waals surface area contributed by atoms with Gasteiger partial charge in [0.2, 0.25) is 5.91 Å². The van der Waals surface area contributed by atoms with Gasteiger partial charge < -0.3 is 24.8 Å². The first-order valence-corrected chi connectivity index (χ1v) is 16.3. The van der Waals surface area contributed by atoms with Crippen LogP contribution in [0.15, 0.2) is 66.9 Å². The van der Waals surface area contributed by atoms with Gasteiger partial charge in [0.25, 0.3) is 0 Å². The zero-order chi connectivity index (χ0) is 34.8. The summed E-state index contributed by atoms with van der Waals surface area (Å²) in [7, 11) is 2.99. The molecule has 1 fully saturated rings. The number of nitrogens with one attached hydrogen (secondary N) is 1. The van der Waals surface area contributed by atoms with Crippen molar-refractivity contribution in [2.24, 2.45) is 0 Å². The van der Waals surface area contributed by atoms with Crippen LogP contribution in [0.2, 0.25) is 15.1 Å². The highest BCUT2D eigenvalue weighted by molar-refractivity contribution is 6.39. The van der Waals surface area contributed by atoms with E-state index < -0.39 is 6.09 Å². The summed E-state index contributed by atoms with van der Waals surface area (Å²) in [6, 6.07) is 17.5. The normalized spacial score (nSPS) is 14.1. The minimum Gasteiger partial charge on any atom is -0.496 e. The molecule has 5 aromatic rings. The predicted molar refractivity (Wildman–Crippen MR) is 189 cm³/mol. The Hall–Kier alpha value is -4.90. The summed E-state index contributed by atoms with van der Waals surface area (Å²) in [6.45, 7) is 0.228. The van der Waals surface area contributed by atoms with Gasteiger partial charge in [0, 0.05) is 58.4 Å². The Kier molecular flexibility index (Phi) is 9.91. The molecule has 0 aliphatic carbocycles. The highest BCUT2D eigenvalue weighted by Gasteiger charge is 2.26. The number of amides is 2. The van der Waals surface area contributed by atoms with Gasteiger partial charge in [-0.25, -0.2) is 9.78 Å². The zero-order valence-electron chi connectivity index (χ0n) is 26.3. The smallest absolute Gasteiger partial charge is 0.407 e. The van der Waals surface area contributed by atoms with Gasteiger partial charge in [-0.2, -0.15) is 0 Å². The average molecular weight is 720 g/mol. The molecule has 0 saturated carbocycles. The van der Waals surface area contributed by atoms with Crippen molar-refractivity contribution in [1.29, 1.82) is 0 Å². The summed E-state index contributed by atoms with van der Waals surface area (Å²) >= 11 is 20.6. The van der Waals surface area contributed by atoms with Crippen molar-refractivity contribution >= 4 is 64.0 Å². The molecule has 3 aromatic carbocycles. The van der Waals surface area contributed by atoms with Crippen molar-refractivity contribution in [3.05, 3.63) is 93.1 Å². The van der Waals surface area contributed by atoms with Crippen LogP contribution in [0.4, 0.5) is 4.79 Å². The van der Waals surface area contributed by atoms with Crippen LogP contribution in [0.5, 0.6) is 11.5 Å². The van der Waals surface area contributed by atoms with Gasteiger partial charge in [0.1, 0.15) is 11.5 Å². The highest BCUT2D eigenvalue weighted by Crippen LogP contribution is 2.43. The third kappa shape index (κ3) is 6.72. The third-order valence-electron chi connectivity index (χ3n) is 8.41. The van der Waals surface area contributed by atoms with Crippen molar-refractivity contribution in [1.82, 2.24) is 20.2 Å². The molecule has 1 atom stereocenters. The SMILES string of the molecule is COc1cc(-c2nccc(-c3cccc(-c4ccc5c(OC)c(C=O)cc(Cl)c5n4)c3Cl)c2Cl)ccc1CN(CC1CCC(=O)N1)C(=O)O. The van der Waals surface area contributed by atoms with Gasteiger partial charge in [0.05, 0.1) is 58.3 Å². The molecule has 49 heavy (non-hydrogen) atoms. The number of carboxylic acid groups (broad SMARTS) is 1. The quantitative estimate of drug-likeness (QED) is 0.138. The maximum Gasteiger partial charge on any atom is 0.407 e. The lowest BCUT2D eigenvalue weighted by molar-refractivity contribution is -0.119. The van der Waals surface area contributed by atoms with Crippen molar-refractivity contribution in [3.63, 3.8) is 0 Å². The largest absolute Gasteiger partial charge is 0.496 e. The summed E-state index contributed by atoms with van der Waals surface area (Å²) < 4.78 is 11.1. The van der Waals surface area contributed by atoms with Crippen LogP contribution < -0.4 is 14.8 Å². The van der Waals surface area contributed by atoms with E-state index >= 15 is 0 Å². The molecule has 250 valence electrons. The second-order valence-electron chi connectivity index (χ2n) is 11.4. The van der Waals surface area contributed by atoms with Crippen molar-refractivity contribution in [2.75, 3.05) is 20.8 Å². The summed E-state index contributed by atoms with van der Waals surface area (Å²) in [5.74, 6) is 0.760. The van der Waals surface area contributed by atoms with Crippen molar-refractivity contribution in [2.45, 2.75) is 25.4 Å². The number of ether oxygens (including phenoxy) is 2. The van der Waals surface area contributed by atoms with E-state index in [-0.39, 0.29) is 25.0 Å². The van der Waals surface area contributed by atoms with Crippen molar-refractivity contribution < 1.29 is 29.0 Å². The number of hydrogen-bond acceptors (Lipinski definition) is 7. The van der Waals surface area contributed by atoms with Crippen LogP contribution in [0, 0.1) is 0 Å². The highest BCUT2D eigenvalue weighted by atomic mass is 35.5. The summed E-state index contributed by atoms with van der Waals surface area (Å²) in [6.07, 6.45) is 2.18. The molecule has 0 bridgehead atoms. The molecule has 3 heterocycles. The van der Waals surface area contributed by atoms with E-state index in [0.29, 0.717) is 101 Å². The van der Waals surface area contributed by atoms with Gasteiger partial charge in [0.15, 0.2) is 6.29 Å². The first-order valence-electron chi connectivity index (χ1n) is 15.1. The van der Waals surface area contributed by atoms with Crippen molar-refractivity contribution in [3.8, 4) is 45.1 Å². The average Bonchev–Trinajstić information content (AvgIpc) is 3.52. The van der Waals surface area contributed by atoms with E-state index in [9.17, 15) is 19.5 Å². The number of aldehydes is 1. The number of methoxy groups -OCH3 is 2. The molecule has 2 N–H and O–H groups in total. The first kappa shape index (κ1) is 34.0. The number of fused-ring (bicyclic) bond motifs is 1. The molecular weight excluding hydrogens is 691 g/mol. The Balaban J connectivity index is 1.33. The lowest BCUT2D eigenvalue weighted by atomic mass is 9.99. The van der Waals surface area contributed by atoms with E-state index in [2.05, 4.69) is 10.3 Å². The molecule has 0 radical (unpaired) electrons. The zero-order valence-corrected chi connectivity index (χ0v) is 28.6. The Morgan fingerprint density at radius 1 is 1.02 bits per heavy atom. The fraction of sp³-hybridized carbons (Fsp3) is 0.194. The Morgan fingerprint density at radius 3 is 2.49 bits per heavy atom. The van der Waals surface area contributed by atoms with E-state index in [1.54, 1.807) is 42.6 Å². The van der Waals surface area contributed by atoms with Gasteiger partial charge >= 0.3 is 6.09 Å². The molecule has 10 nitrogen and oxygen atoms in total. The number of hydrogen-bond donors (Lipinski definition) is 2. The number of nitrogens with zero attached hydrogens (tertiary/aromatic N) is 3. The fourth-order valence-corrected chi connectivity index (χ4v) is 6.93. The second kappa shape index (κ2) is 14.3.